The van der Waals surface area contributed by atoms with Crippen molar-refractivity contribution in [2.24, 2.45) is 0 Å². The number of halogens is 1. The molecule has 0 aliphatic rings. The van der Waals surface area contributed by atoms with Gasteiger partial charge in [0.15, 0.2) is 0 Å². The monoisotopic (exact) mass is 291 g/mol. The molecule has 98 valence electrons. The Kier molecular flexibility index (Phi) is 5.11. The first kappa shape index (κ1) is 14.5. The van der Waals surface area contributed by atoms with Gasteiger partial charge in [-0.2, -0.15) is 0 Å². The van der Waals surface area contributed by atoms with Gasteiger partial charge in [0, 0.05) is 6.42 Å². The smallest absolute Gasteiger partial charge is 0.326 e. The van der Waals surface area contributed by atoms with Crippen molar-refractivity contribution in [2.75, 3.05) is 0 Å². The maximum atomic E-state index is 11.6. The molecule has 1 atom stereocenters. The number of hydrogen-bond acceptors (Lipinski definition) is 4. The zero-order valence-corrected chi connectivity index (χ0v) is 10.6. The van der Waals surface area contributed by atoms with E-state index in [9.17, 15) is 14.4 Å². The van der Waals surface area contributed by atoms with Gasteiger partial charge in [0.05, 0.1) is 9.21 Å². The van der Waals surface area contributed by atoms with Crippen LogP contribution in [0, 0.1) is 0 Å². The summed E-state index contributed by atoms with van der Waals surface area (Å²) < 4.78 is 0.414. The predicted molar refractivity (Wildman–Crippen MR) is 65.1 cm³/mol. The van der Waals surface area contributed by atoms with E-state index in [0.29, 0.717) is 4.34 Å². The number of nitrogens with one attached hydrogen (secondary N) is 1. The van der Waals surface area contributed by atoms with Crippen molar-refractivity contribution in [1.29, 1.82) is 0 Å². The molecule has 0 bridgehead atoms. The lowest BCUT2D eigenvalue weighted by Gasteiger charge is -2.12. The van der Waals surface area contributed by atoms with Crippen LogP contribution in [-0.2, 0) is 9.59 Å². The van der Waals surface area contributed by atoms with Crippen LogP contribution in [0.15, 0.2) is 12.1 Å². The molecule has 1 amide bonds. The van der Waals surface area contributed by atoms with Gasteiger partial charge in [-0.25, -0.2) is 4.79 Å². The van der Waals surface area contributed by atoms with Crippen molar-refractivity contribution in [3.63, 3.8) is 0 Å². The molecule has 0 aliphatic carbocycles. The Morgan fingerprint density at radius 2 is 2.00 bits per heavy atom. The minimum atomic E-state index is -1.27. The molecule has 8 heteroatoms. The van der Waals surface area contributed by atoms with Crippen molar-refractivity contribution in [1.82, 2.24) is 5.32 Å². The molecule has 0 spiro atoms. The van der Waals surface area contributed by atoms with Crippen LogP contribution in [0.4, 0.5) is 0 Å². The van der Waals surface area contributed by atoms with Gasteiger partial charge in [-0.05, 0) is 18.6 Å². The molecule has 0 aliphatic heterocycles. The minimum absolute atomic E-state index is 0.171. The van der Waals surface area contributed by atoms with Crippen LogP contribution in [0.3, 0.4) is 0 Å². The lowest BCUT2D eigenvalue weighted by molar-refractivity contribution is -0.140. The third-order valence-corrected chi connectivity index (χ3v) is 3.28. The number of carbonyl (C=O) groups is 3. The summed E-state index contributed by atoms with van der Waals surface area (Å²) in [5, 5.41) is 19.6. The van der Waals surface area contributed by atoms with Crippen molar-refractivity contribution in [3.05, 3.63) is 21.3 Å². The van der Waals surface area contributed by atoms with Crippen LogP contribution in [-0.4, -0.2) is 34.1 Å². The second-order valence-corrected chi connectivity index (χ2v) is 5.12. The van der Waals surface area contributed by atoms with Crippen molar-refractivity contribution in [3.8, 4) is 0 Å². The van der Waals surface area contributed by atoms with Crippen LogP contribution in [0.1, 0.15) is 22.5 Å². The van der Waals surface area contributed by atoms with Gasteiger partial charge in [-0.1, -0.05) is 11.6 Å². The molecule has 6 nitrogen and oxygen atoms in total. The van der Waals surface area contributed by atoms with E-state index in [1.807, 2.05) is 0 Å². The van der Waals surface area contributed by atoms with Gasteiger partial charge in [-0.3, -0.25) is 9.59 Å². The number of hydrogen-bond donors (Lipinski definition) is 3. The summed E-state index contributed by atoms with van der Waals surface area (Å²) in [6, 6.07) is 1.77. The first-order chi connectivity index (χ1) is 8.40. The number of aliphatic carboxylic acids is 2. The van der Waals surface area contributed by atoms with Crippen LogP contribution >= 0.6 is 22.9 Å². The summed E-state index contributed by atoms with van der Waals surface area (Å²) >= 11 is 6.67. The van der Waals surface area contributed by atoms with Crippen molar-refractivity contribution >= 4 is 40.8 Å². The van der Waals surface area contributed by atoms with E-state index in [2.05, 4.69) is 5.32 Å². The average molecular weight is 292 g/mol. The van der Waals surface area contributed by atoms with Gasteiger partial charge in [-0.15, -0.1) is 11.3 Å². The summed E-state index contributed by atoms with van der Waals surface area (Å²) in [6.07, 6.45) is -0.502. The molecular weight excluding hydrogens is 282 g/mol. The van der Waals surface area contributed by atoms with Gasteiger partial charge < -0.3 is 15.5 Å². The van der Waals surface area contributed by atoms with E-state index in [-0.39, 0.29) is 17.7 Å². The molecule has 1 aromatic heterocycles. The largest absolute Gasteiger partial charge is 0.481 e. The Morgan fingerprint density at radius 3 is 2.44 bits per heavy atom. The lowest BCUT2D eigenvalue weighted by atomic mass is 10.1. The maximum Gasteiger partial charge on any atom is 0.326 e. The quantitative estimate of drug-likeness (QED) is 0.736. The summed E-state index contributed by atoms with van der Waals surface area (Å²) in [4.78, 5) is 33.1. The Hall–Kier alpha value is -1.60. The standard InChI is InChI=1S/C10H10ClNO5S/c11-7-3-2-6(18-7)9(15)12-5(10(16)17)1-4-8(13)14/h2-3,5H,1,4H2,(H,12,15)(H,13,14)(H,16,17). The maximum absolute atomic E-state index is 11.6. The third-order valence-electron chi connectivity index (χ3n) is 2.05. The highest BCUT2D eigenvalue weighted by Gasteiger charge is 2.22. The van der Waals surface area contributed by atoms with Gasteiger partial charge >= 0.3 is 11.9 Å². The molecule has 1 unspecified atom stereocenters. The predicted octanol–water partition coefficient (Wildman–Crippen LogP) is 1.45. The Balaban J connectivity index is 2.63. The highest BCUT2D eigenvalue weighted by molar-refractivity contribution is 7.18. The average Bonchev–Trinajstić information content (AvgIpc) is 2.70. The normalized spacial score (nSPS) is 11.8. The Bertz CT molecular complexity index is 473. The number of carboxylic acids is 2. The van der Waals surface area contributed by atoms with E-state index in [1.165, 1.54) is 12.1 Å². The molecule has 0 radical (unpaired) electrons. The van der Waals surface area contributed by atoms with Crippen LogP contribution in [0.5, 0.6) is 0 Å². The highest BCUT2D eigenvalue weighted by atomic mass is 35.5. The number of amides is 1. The molecule has 18 heavy (non-hydrogen) atoms. The molecule has 1 heterocycles. The summed E-state index contributed by atoms with van der Waals surface area (Å²) in [5.41, 5.74) is 0. The van der Waals surface area contributed by atoms with E-state index in [4.69, 9.17) is 21.8 Å². The zero-order valence-electron chi connectivity index (χ0n) is 9.05. The second-order valence-electron chi connectivity index (χ2n) is 3.40. The van der Waals surface area contributed by atoms with Crippen molar-refractivity contribution < 1.29 is 24.6 Å². The van der Waals surface area contributed by atoms with Crippen LogP contribution < -0.4 is 5.32 Å². The number of carbonyl (C=O) groups excluding carboxylic acids is 1. The zero-order chi connectivity index (χ0) is 13.7. The van der Waals surface area contributed by atoms with Gasteiger partial charge in [0.2, 0.25) is 0 Å². The highest BCUT2D eigenvalue weighted by Crippen LogP contribution is 2.21. The van der Waals surface area contributed by atoms with Gasteiger partial charge in [0.25, 0.3) is 5.91 Å². The topological polar surface area (TPSA) is 104 Å². The number of carboxylic acid groups (broad SMARTS) is 2. The molecule has 0 saturated carbocycles. The van der Waals surface area contributed by atoms with Crippen LogP contribution in [0.2, 0.25) is 4.34 Å². The van der Waals surface area contributed by atoms with Crippen LogP contribution in [0.25, 0.3) is 0 Å². The molecule has 0 fully saturated rings. The fourth-order valence-electron chi connectivity index (χ4n) is 1.19. The fourth-order valence-corrected chi connectivity index (χ4v) is 2.14. The molecule has 0 aromatic carbocycles. The number of rotatable bonds is 6. The first-order valence-corrected chi connectivity index (χ1v) is 6.10. The van der Waals surface area contributed by atoms with E-state index >= 15 is 0 Å². The SMILES string of the molecule is O=C(O)CCC(NC(=O)c1ccc(Cl)s1)C(=O)O. The Morgan fingerprint density at radius 1 is 1.33 bits per heavy atom. The van der Waals surface area contributed by atoms with E-state index < -0.39 is 23.9 Å². The van der Waals surface area contributed by atoms with Gasteiger partial charge in [0.1, 0.15) is 6.04 Å². The lowest BCUT2D eigenvalue weighted by Crippen LogP contribution is -2.40. The second kappa shape index (κ2) is 6.36. The van der Waals surface area contributed by atoms with E-state index in [0.717, 1.165) is 11.3 Å². The first-order valence-electron chi connectivity index (χ1n) is 4.91. The molecular formula is C10H10ClNO5S. The molecule has 0 saturated heterocycles. The Labute approximate surface area is 111 Å². The van der Waals surface area contributed by atoms with E-state index in [1.54, 1.807) is 0 Å². The summed E-state index contributed by atoms with van der Waals surface area (Å²) in [5.74, 6) is -2.97. The molecule has 1 rings (SSSR count). The summed E-state index contributed by atoms with van der Waals surface area (Å²) in [6.45, 7) is 0. The van der Waals surface area contributed by atoms with Crippen molar-refractivity contribution in [2.45, 2.75) is 18.9 Å². The molecule has 3 N–H and O–H groups in total. The molecule has 1 aromatic rings. The third kappa shape index (κ3) is 4.34. The minimum Gasteiger partial charge on any atom is -0.481 e. The fraction of sp³-hybridized carbons (Fsp3) is 0.300. The number of thiophene rings is 1. The summed E-state index contributed by atoms with van der Waals surface area (Å²) in [7, 11) is 0.